The first-order chi connectivity index (χ1) is 8.33. The average Bonchev–Trinajstić information content (AvgIpc) is 2.38. The molecule has 1 heterocycles. The van der Waals surface area contributed by atoms with E-state index in [1.807, 2.05) is 18.2 Å². The highest BCUT2D eigenvalue weighted by Crippen LogP contribution is 2.23. The van der Waals surface area contributed by atoms with Crippen LogP contribution in [-0.4, -0.2) is 4.98 Å². The van der Waals surface area contributed by atoms with Crippen molar-refractivity contribution in [3.63, 3.8) is 0 Å². The zero-order valence-corrected chi connectivity index (χ0v) is 10.7. The lowest BCUT2D eigenvalue weighted by atomic mass is 10.0. The van der Waals surface area contributed by atoms with E-state index in [1.54, 1.807) is 0 Å². The van der Waals surface area contributed by atoms with Gasteiger partial charge < -0.3 is 0 Å². The Hall–Kier alpha value is -1.67. The standard InChI is InChI=1S/C15H10BrN/c16-15-7-3-6-14(17-15)13-9-8-11-4-1-2-5-12(11)10-13/h1-10H. The summed E-state index contributed by atoms with van der Waals surface area (Å²) in [5.74, 6) is 0. The number of hydrogen-bond donors (Lipinski definition) is 0. The van der Waals surface area contributed by atoms with Gasteiger partial charge in [-0.2, -0.15) is 0 Å². The van der Waals surface area contributed by atoms with Crippen LogP contribution in [0.15, 0.2) is 65.3 Å². The summed E-state index contributed by atoms with van der Waals surface area (Å²) in [6.07, 6.45) is 0. The van der Waals surface area contributed by atoms with E-state index in [0.717, 1.165) is 15.9 Å². The fourth-order valence-electron chi connectivity index (χ4n) is 1.92. The van der Waals surface area contributed by atoms with E-state index in [4.69, 9.17) is 0 Å². The third-order valence-electron chi connectivity index (χ3n) is 2.76. The lowest BCUT2D eigenvalue weighted by Crippen LogP contribution is -1.83. The molecule has 0 aliphatic carbocycles. The molecule has 0 unspecified atom stereocenters. The van der Waals surface area contributed by atoms with Crippen LogP contribution in [0.1, 0.15) is 0 Å². The van der Waals surface area contributed by atoms with Crippen molar-refractivity contribution >= 4 is 26.7 Å². The molecule has 0 fully saturated rings. The van der Waals surface area contributed by atoms with E-state index >= 15 is 0 Å². The average molecular weight is 284 g/mol. The summed E-state index contributed by atoms with van der Waals surface area (Å²) in [4.78, 5) is 4.47. The van der Waals surface area contributed by atoms with Crippen LogP contribution in [0.2, 0.25) is 0 Å². The van der Waals surface area contributed by atoms with Gasteiger partial charge in [0.2, 0.25) is 0 Å². The summed E-state index contributed by atoms with van der Waals surface area (Å²) < 4.78 is 0.864. The Balaban J connectivity index is 2.18. The molecule has 2 heteroatoms. The minimum absolute atomic E-state index is 0.864. The van der Waals surface area contributed by atoms with Gasteiger partial charge in [0.1, 0.15) is 4.60 Å². The normalized spacial score (nSPS) is 10.6. The van der Waals surface area contributed by atoms with Crippen LogP contribution in [-0.2, 0) is 0 Å². The first-order valence-electron chi connectivity index (χ1n) is 5.45. The van der Waals surface area contributed by atoms with Crippen LogP contribution >= 0.6 is 15.9 Å². The summed E-state index contributed by atoms with van der Waals surface area (Å²) in [7, 11) is 0. The monoisotopic (exact) mass is 283 g/mol. The molecule has 0 amide bonds. The second kappa shape index (κ2) is 4.30. The Bertz CT molecular complexity index is 676. The van der Waals surface area contributed by atoms with E-state index in [-0.39, 0.29) is 0 Å². The fourth-order valence-corrected chi connectivity index (χ4v) is 2.26. The van der Waals surface area contributed by atoms with Crippen molar-refractivity contribution in [2.75, 3.05) is 0 Å². The van der Waals surface area contributed by atoms with Crippen LogP contribution in [0, 0.1) is 0 Å². The molecule has 3 aromatic rings. The largest absolute Gasteiger partial charge is 0.241 e. The molecule has 0 saturated carbocycles. The first kappa shape index (κ1) is 10.5. The number of pyridine rings is 1. The highest BCUT2D eigenvalue weighted by molar-refractivity contribution is 9.10. The molecule has 0 aliphatic rings. The quantitative estimate of drug-likeness (QED) is 0.592. The predicted molar refractivity (Wildman–Crippen MR) is 74.9 cm³/mol. The lowest BCUT2D eigenvalue weighted by Gasteiger charge is -2.03. The van der Waals surface area contributed by atoms with Crippen molar-refractivity contribution in [2.45, 2.75) is 0 Å². The van der Waals surface area contributed by atoms with Crippen molar-refractivity contribution in [3.8, 4) is 11.3 Å². The molecule has 0 aliphatic heterocycles. The Labute approximate surface area is 108 Å². The molecular formula is C15H10BrN. The van der Waals surface area contributed by atoms with Crippen molar-refractivity contribution in [2.24, 2.45) is 0 Å². The number of halogens is 1. The minimum Gasteiger partial charge on any atom is -0.241 e. The van der Waals surface area contributed by atoms with Gasteiger partial charge in [0, 0.05) is 5.56 Å². The zero-order valence-electron chi connectivity index (χ0n) is 9.10. The lowest BCUT2D eigenvalue weighted by molar-refractivity contribution is 1.28. The zero-order chi connectivity index (χ0) is 11.7. The fraction of sp³-hybridized carbons (Fsp3) is 0. The number of fused-ring (bicyclic) bond motifs is 1. The summed E-state index contributed by atoms with van der Waals surface area (Å²) >= 11 is 3.40. The van der Waals surface area contributed by atoms with Crippen LogP contribution in [0.3, 0.4) is 0 Å². The maximum absolute atomic E-state index is 4.47. The highest BCUT2D eigenvalue weighted by Gasteiger charge is 2.01. The molecule has 1 nitrogen and oxygen atoms in total. The van der Waals surface area contributed by atoms with Gasteiger partial charge in [-0.25, -0.2) is 4.98 Å². The van der Waals surface area contributed by atoms with Crippen LogP contribution in [0.25, 0.3) is 22.0 Å². The molecule has 0 radical (unpaired) electrons. The molecule has 0 spiro atoms. The third kappa shape index (κ3) is 2.08. The molecule has 1 aromatic heterocycles. The predicted octanol–water partition coefficient (Wildman–Crippen LogP) is 4.66. The number of nitrogens with zero attached hydrogens (tertiary/aromatic N) is 1. The van der Waals surface area contributed by atoms with Gasteiger partial charge in [-0.05, 0) is 44.9 Å². The second-order valence-electron chi connectivity index (χ2n) is 3.91. The van der Waals surface area contributed by atoms with Gasteiger partial charge in [-0.3, -0.25) is 0 Å². The van der Waals surface area contributed by atoms with Crippen molar-refractivity contribution in [3.05, 3.63) is 65.3 Å². The number of hydrogen-bond acceptors (Lipinski definition) is 1. The van der Waals surface area contributed by atoms with Crippen molar-refractivity contribution in [1.82, 2.24) is 4.98 Å². The van der Waals surface area contributed by atoms with Gasteiger partial charge in [0.25, 0.3) is 0 Å². The van der Waals surface area contributed by atoms with Crippen LogP contribution < -0.4 is 0 Å². The maximum atomic E-state index is 4.47. The molecule has 3 rings (SSSR count). The van der Waals surface area contributed by atoms with Gasteiger partial charge >= 0.3 is 0 Å². The van der Waals surface area contributed by atoms with Crippen molar-refractivity contribution in [1.29, 1.82) is 0 Å². The van der Waals surface area contributed by atoms with Gasteiger partial charge in [0.15, 0.2) is 0 Å². The topological polar surface area (TPSA) is 12.9 Å². The Morgan fingerprint density at radius 1 is 0.765 bits per heavy atom. The SMILES string of the molecule is Brc1cccc(-c2ccc3ccccc3c2)n1. The molecule has 17 heavy (non-hydrogen) atoms. The molecule has 0 saturated heterocycles. The molecular weight excluding hydrogens is 274 g/mol. The van der Waals surface area contributed by atoms with Gasteiger partial charge in [-0.15, -0.1) is 0 Å². The molecule has 2 aromatic carbocycles. The van der Waals surface area contributed by atoms with Gasteiger partial charge in [-0.1, -0.05) is 42.5 Å². The third-order valence-corrected chi connectivity index (χ3v) is 3.20. The van der Waals surface area contributed by atoms with Crippen molar-refractivity contribution < 1.29 is 0 Å². The van der Waals surface area contributed by atoms with E-state index < -0.39 is 0 Å². The van der Waals surface area contributed by atoms with E-state index in [0.29, 0.717) is 0 Å². The Morgan fingerprint density at radius 2 is 1.59 bits per heavy atom. The molecule has 82 valence electrons. The Kier molecular flexibility index (Phi) is 2.65. The van der Waals surface area contributed by atoms with Gasteiger partial charge in [0.05, 0.1) is 5.69 Å². The second-order valence-corrected chi connectivity index (χ2v) is 4.72. The number of benzene rings is 2. The summed E-state index contributed by atoms with van der Waals surface area (Å²) in [5, 5.41) is 2.50. The molecule has 0 N–H and O–H groups in total. The summed E-state index contributed by atoms with van der Waals surface area (Å²) in [6.45, 7) is 0. The van der Waals surface area contributed by atoms with E-state index in [9.17, 15) is 0 Å². The minimum atomic E-state index is 0.864. The van der Waals surface area contributed by atoms with E-state index in [1.165, 1.54) is 10.8 Å². The van der Waals surface area contributed by atoms with Crippen LogP contribution in [0.5, 0.6) is 0 Å². The van der Waals surface area contributed by atoms with E-state index in [2.05, 4.69) is 63.4 Å². The Morgan fingerprint density at radius 3 is 2.41 bits per heavy atom. The first-order valence-corrected chi connectivity index (χ1v) is 6.24. The maximum Gasteiger partial charge on any atom is 0.106 e. The summed E-state index contributed by atoms with van der Waals surface area (Å²) in [5.41, 5.74) is 2.13. The highest BCUT2D eigenvalue weighted by atomic mass is 79.9. The molecule has 0 bridgehead atoms. The number of aromatic nitrogens is 1. The molecule has 0 atom stereocenters. The number of rotatable bonds is 1. The summed E-state index contributed by atoms with van der Waals surface area (Å²) in [6, 6.07) is 20.7. The van der Waals surface area contributed by atoms with Crippen LogP contribution in [0.4, 0.5) is 0 Å². The smallest absolute Gasteiger partial charge is 0.106 e.